The van der Waals surface area contributed by atoms with Crippen LogP contribution in [0, 0.1) is 10.1 Å². The molecule has 0 radical (unpaired) electrons. The molecule has 9 nitrogen and oxygen atoms in total. The number of piperazine rings is 1. The number of benzene rings is 2. The summed E-state index contributed by atoms with van der Waals surface area (Å²) in [5.41, 5.74) is -0.0653. The summed E-state index contributed by atoms with van der Waals surface area (Å²) < 4.78 is 26.9. The van der Waals surface area contributed by atoms with Gasteiger partial charge in [0.05, 0.1) is 27.2 Å². The van der Waals surface area contributed by atoms with Crippen molar-refractivity contribution in [3.05, 3.63) is 62.6 Å². The molecule has 1 amide bonds. The Labute approximate surface area is 183 Å². The number of carbonyl (C=O) groups is 1. The minimum atomic E-state index is -4.02. The van der Waals surface area contributed by atoms with Crippen LogP contribution in [0.1, 0.15) is 0 Å². The molecule has 2 aromatic carbocycles. The summed E-state index contributed by atoms with van der Waals surface area (Å²) in [4.78, 5) is 24.2. The lowest BCUT2D eigenvalue weighted by atomic mass is 10.3. The van der Waals surface area contributed by atoms with E-state index in [4.69, 9.17) is 23.2 Å². The van der Waals surface area contributed by atoms with Gasteiger partial charge in [-0.05, 0) is 18.2 Å². The van der Waals surface area contributed by atoms with Gasteiger partial charge in [0.15, 0.2) is 4.90 Å². The van der Waals surface area contributed by atoms with Gasteiger partial charge in [-0.25, -0.2) is 8.42 Å². The molecule has 0 atom stereocenters. The van der Waals surface area contributed by atoms with E-state index in [1.54, 1.807) is 23.1 Å². The Morgan fingerprint density at radius 3 is 2.40 bits per heavy atom. The fourth-order valence-corrected chi connectivity index (χ4v) is 5.01. The molecule has 12 heteroatoms. The Balaban J connectivity index is 1.61. The molecule has 30 heavy (non-hydrogen) atoms. The zero-order valence-corrected chi connectivity index (χ0v) is 18.0. The monoisotopic (exact) mass is 472 g/mol. The van der Waals surface area contributed by atoms with Crippen LogP contribution in [0.15, 0.2) is 47.4 Å². The summed E-state index contributed by atoms with van der Waals surface area (Å²) in [7, 11) is -4.02. The van der Waals surface area contributed by atoms with E-state index in [9.17, 15) is 23.3 Å². The van der Waals surface area contributed by atoms with E-state index < -0.39 is 20.6 Å². The van der Waals surface area contributed by atoms with Gasteiger partial charge >= 0.3 is 0 Å². The first-order chi connectivity index (χ1) is 14.2. The average Bonchev–Trinajstić information content (AvgIpc) is 2.72. The number of carbonyl (C=O) groups excluding carboxylic acids is 1. The molecule has 0 bridgehead atoms. The minimum absolute atomic E-state index is 0.0439. The van der Waals surface area contributed by atoms with Crippen LogP contribution in [0.5, 0.6) is 0 Å². The van der Waals surface area contributed by atoms with Crippen molar-refractivity contribution in [2.75, 3.05) is 38.0 Å². The molecular weight excluding hydrogens is 455 g/mol. The highest BCUT2D eigenvalue weighted by molar-refractivity contribution is 7.89. The molecule has 0 aromatic heterocycles. The number of halogens is 2. The Hall–Kier alpha value is -2.24. The summed E-state index contributed by atoms with van der Waals surface area (Å²) in [6.45, 7) is 0.870. The molecule has 1 N–H and O–H groups in total. The Morgan fingerprint density at radius 2 is 1.73 bits per heavy atom. The molecule has 1 aliphatic heterocycles. The third-order valence-corrected chi connectivity index (χ3v) is 7.37. The van der Waals surface area contributed by atoms with Gasteiger partial charge in [-0.3, -0.25) is 19.8 Å². The number of nitrogens with zero attached hydrogens (tertiary/aromatic N) is 3. The zero-order valence-electron chi connectivity index (χ0n) is 15.6. The Morgan fingerprint density at radius 1 is 1.07 bits per heavy atom. The summed E-state index contributed by atoms with van der Waals surface area (Å²) in [6.07, 6.45) is 0. The van der Waals surface area contributed by atoms with Gasteiger partial charge in [0.1, 0.15) is 0 Å². The second-order valence-electron chi connectivity index (χ2n) is 6.55. The van der Waals surface area contributed by atoms with Crippen LogP contribution in [-0.4, -0.2) is 61.2 Å². The summed E-state index contributed by atoms with van der Waals surface area (Å²) in [5, 5.41) is 14.4. The van der Waals surface area contributed by atoms with Gasteiger partial charge < -0.3 is 5.32 Å². The number of para-hydroxylation sites is 1. The van der Waals surface area contributed by atoms with E-state index in [0.717, 1.165) is 6.07 Å². The molecule has 1 heterocycles. The maximum Gasteiger partial charge on any atom is 0.289 e. The highest BCUT2D eigenvalue weighted by Crippen LogP contribution is 2.30. The van der Waals surface area contributed by atoms with Gasteiger partial charge in [0, 0.05) is 32.2 Å². The van der Waals surface area contributed by atoms with Gasteiger partial charge in [0.25, 0.3) is 5.69 Å². The zero-order chi connectivity index (χ0) is 21.9. The third kappa shape index (κ3) is 4.90. The van der Waals surface area contributed by atoms with Gasteiger partial charge in [-0.15, -0.1) is 0 Å². The number of anilines is 1. The van der Waals surface area contributed by atoms with Crippen LogP contribution < -0.4 is 5.32 Å². The smallest absolute Gasteiger partial charge is 0.289 e. The number of rotatable bonds is 6. The lowest BCUT2D eigenvalue weighted by Crippen LogP contribution is -2.50. The molecule has 0 saturated carbocycles. The van der Waals surface area contributed by atoms with Crippen LogP contribution in [0.25, 0.3) is 0 Å². The van der Waals surface area contributed by atoms with Crippen molar-refractivity contribution in [2.45, 2.75) is 4.90 Å². The van der Waals surface area contributed by atoms with Gasteiger partial charge in [-0.2, -0.15) is 4.31 Å². The molecule has 0 aliphatic carbocycles. The first-order valence-corrected chi connectivity index (χ1v) is 11.1. The van der Waals surface area contributed by atoms with E-state index in [2.05, 4.69) is 5.32 Å². The maximum absolute atomic E-state index is 12.8. The van der Waals surface area contributed by atoms with Crippen LogP contribution in [-0.2, 0) is 14.8 Å². The van der Waals surface area contributed by atoms with Crippen LogP contribution >= 0.6 is 23.2 Å². The van der Waals surface area contributed by atoms with Gasteiger partial charge in [-0.1, -0.05) is 41.4 Å². The lowest BCUT2D eigenvalue weighted by molar-refractivity contribution is -0.387. The first-order valence-electron chi connectivity index (χ1n) is 8.90. The number of nitro benzene ring substituents is 1. The molecule has 3 rings (SSSR count). The van der Waals surface area contributed by atoms with Crippen LogP contribution in [0.3, 0.4) is 0 Å². The van der Waals surface area contributed by atoms with E-state index in [1.165, 1.54) is 22.5 Å². The lowest BCUT2D eigenvalue weighted by Gasteiger charge is -2.33. The summed E-state index contributed by atoms with van der Waals surface area (Å²) in [5.74, 6) is -0.311. The molecule has 0 unspecified atom stereocenters. The predicted molar refractivity (Wildman–Crippen MR) is 113 cm³/mol. The molecule has 0 spiro atoms. The number of amides is 1. The van der Waals surface area contributed by atoms with Crippen molar-refractivity contribution in [3.63, 3.8) is 0 Å². The SMILES string of the molecule is O=C(CN1CCN(S(=O)(=O)c2ccccc2[N+](=O)[O-])CC1)Nc1cccc(Cl)c1Cl. The molecular formula is C18H18Cl2N4O5S. The summed E-state index contributed by atoms with van der Waals surface area (Å²) >= 11 is 12.0. The van der Waals surface area contributed by atoms with Crippen LogP contribution in [0.2, 0.25) is 10.0 Å². The molecule has 1 aliphatic rings. The fraction of sp³-hybridized carbons (Fsp3) is 0.278. The minimum Gasteiger partial charge on any atom is -0.324 e. The quantitative estimate of drug-likeness (QED) is 0.510. The highest BCUT2D eigenvalue weighted by Gasteiger charge is 2.33. The maximum atomic E-state index is 12.8. The second-order valence-corrected chi connectivity index (χ2v) is 9.25. The first kappa shape index (κ1) is 22.4. The van der Waals surface area contributed by atoms with Crippen molar-refractivity contribution >= 4 is 50.5 Å². The number of hydrogen-bond acceptors (Lipinski definition) is 6. The van der Waals surface area contributed by atoms with Gasteiger partial charge in [0.2, 0.25) is 15.9 Å². The van der Waals surface area contributed by atoms with Crippen molar-refractivity contribution in [1.82, 2.24) is 9.21 Å². The summed E-state index contributed by atoms with van der Waals surface area (Å²) in [6, 6.07) is 10.1. The van der Waals surface area contributed by atoms with Crippen molar-refractivity contribution in [1.29, 1.82) is 0 Å². The van der Waals surface area contributed by atoms with E-state index in [1.807, 2.05) is 0 Å². The second kappa shape index (κ2) is 9.27. The molecule has 1 saturated heterocycles. The average molecular weight is 473 g/mol. The normalized spacial score (nSPS) is 15.7. The largest absolute Gasteiger partial charge is 0.324 e. The predicted octanol–water partition coefficient (Wildman–Crippen LogP) is 2.85. The number of hydrogen-bond donors (Lipinski definition) is 1. The number of nitro groups is 1. The van der Waals surface area contributed by atoms with Crippen LogP contribution in [0.4, 0.5) is 11.4 Å². The third-order valence-electron chi connectivity index (χ3n) is 4.60. The Bertz CT molecular complexity index is 1070. The van der Waals surface area contributed by atoms with Crippen molar-refractivity contribution < 1.29 is 18.1 Å². The fourth-order valence-electron chi connectivity index (χ4n) is 3.09. The van der Waals surface area contributed by atoms with E-state index >= 15 is 0 Å². The number of nitrogens with one attached hydrogen (secondary N) is 1. The van der Waals surface area contributed by atoms with E-state index in [0.29, 0.717) is 23.8 Å². The Kier molecular flexibility index (Phi) is 6.94. The molecule has 1 fully saturated rings. The van der Waals surface area contributed by atoms with E-state index in [-0.39, 0.29) is 35.5 Å². The molecule has 2 aromatic rings. The molecule has 160 valence electrons. The number of sulfonamides is 1. The van der Waals surface area contributed by atoms with Crippen molar-refractivity contribution in [3.8, 4) is 0 Å². The topological polar surface area (TPSA) is 113 Å². The van der Waals surface area contributed by atoms with Crippen molar-refractivity contribution in [2.24, 2.45) is 0 Å². The highest BCUT2D eigenvalue weighted by atomic mass is 35.5. The standard InChI is InChI=1S/C18H18Cl2N4O5S/c19-13-4-3-5-14(18(13)20)21-17(25)12-22-8-10-23(11-9-22)30(28,29)16-7-2-1-6-15(16)24(26)27/h1-7H,8-12H2,(H,21,25).